The summed E-state index contributed by atoms with van der Waals surface area (Å²) in [5, 5.41) is 44.8. The number of hydrogen-bond acceptors (Lipinski definition) is 7. The van der Waals surface area contributed by atoms with Crippen LogP contribution in [0.25, 0.3) is 0 Å². The molecule has 0 aromatic carbocycles. The van der Waals surface area contributed by atoms with Gasteiger partial charge in [0.15, 0.2) is 0 Å². The fourth-order valence-electron chi connectivity index (χ4n) is 0.403. The first-order valence-electron chi connectivity index (χ1n) is 2.69. The van der Waals surface area contributed by atoms with Gasteiger partial charge in [-0.05, 0) is 0 Å². The molecule has 0 fully saturated rings. The lowest BCUT2D eigenvalue weighted by Gasteiger charge is -2.10. The van der Waals surface area contributed by atoms with E-state index in [0.29, 0.717) is 0 Å². The second-order valence-electron chi connectivity index (χ2n) is 1.89. The van der Waals surface area contributed by atoms with E-state index in [0.717, 1.165) is 0 Å². The summed E-state index contributed by atoms with van der Waals surface area (Å²) >= 11 is 0. The molecule has 0 spiro atoms. The molecule has 9 heteroatoms. The maximum absolute atomic E-state index is 9.73. The second kappa shape index (κ2) is 3.90. The van der Waals surface area contributed by atoms with Gasteiger partial charge in [-0.2, -0.15) is 0 Å². The van der Waals surface area contributed by atoms with Crippen LogP contribution in [0.4, 0.5) is 0 Å². The van der Waals surface area contributed by atoms with Crippen molar-refractivity contribution in [2.24, 2.45) is 0 Å². The van der Waals surface area contributed by atoms with Crippen molar-refractivity contribution in [1.29, 1.82) is 0 Å². The molecule has 0 radical (unpaired) electrons. The lowest BCUT2D eigenvalue weighted by Crippen LogP contribution is -2.45. The Kier molecular flexibility index (Phi) is 3.47. The first kappa shape index (κ1) is 10.7. The van der Waals surface area contributed by atoms with Gasteiger partial charge in [-0.3, -0.25) is 20.2 Å². The van der Waals surface area contributed by atoms with Gasteiger partial charge in [0, 0.05) is 0 Å². The second-order valence-corrected chi connectivity index (χ2v) is 1.89. The fourth-order valence-corrected chi connectivity index (χ4v) is 0.403. The molecule has 9 nitrogen and oxygen atoms in total. The fraction of sp³-hybridized carbons (Fsp3) is 1.00. The van der Waals surface area contributed by atoms with Crippen LogP contribution >= 0.6 is 0 Å². The van der Waals surface area contributed by atoms with Crippen LogP contribution in [0, 0.1) is 20.2 Å². The van der Waals surface area contributed by atoms with E-state index in [1.165, 1.54) is 0 Å². The van der Waals surface area contributed by atoms with E-state index < -0.39 is 28.4 Å². The first-order valence-corrected chi connectivity index (χ1v) is 2.69. The summed E-state index contributed by atoms with van der Waals surface area (Å²) in [7, 11) is 0. The highest BCUT2D eigenvalue weighted by atomic mass is 16.7. The zero-order chi connectivity index (χ0) is 9.89. The first-order chi connectivity index (χ1) is 5.37. The summed E-state index contributed by atoms with van der Waals surface area (Å²) in [6.45, 7) is 0. The van der Waals surface area contributed by atoms with Crippen molar-refractivity contribution in [3.05, 3.63) is 20.2 Å². The molecule has 0 saturated heterocycles. The Bertz CT molecular complexity index is 173. The molecule has 70 valence electrons. The predicted molar refractivity (Wildman–Crippen MR) is 32.0 cm³/mol. The summed E-state index contributed by atoms with van der Waals surface area (Å²) in [5.74, 6) is 0. The molecule has 0 aliphatic heterocycles. The van der Waals surface area contributed by atoms with Gasteiger partial charge in [0.2, 0.25) is 6.10 Å². The minimum atomic E-state index is -2.56. The summed E-state index contributed by atoms with van der Waals surface area (Å²) in [4.78, 5) is 16.8. The standard InChI is InChI=1S/C3H6N2O7/c6-1(2(7)4(9)10)3(8)5(11)12/h1-3,6-8H. The highest BCUT2D eigenvalue weighted by molar-refractivity contribution is 4.59. The molecule has 0 aliphatic rings. The van der Waals surface area contributed by atoms with E-state index >= 15 is 0 Å². The van der Waals surface area contributed by atoms with Crippen molar-refractivity contribution in [1.82, 2.24) is 0 Å². The zero-order valence-electron chi connectivity index (χ0n) is 5.60. The van der Waals surface area contributed by atoms with Gasteiger partial charge in [0.25, 0.3) is 0 Å². The van der Waals surface area contributed by atoms with Gasteiger partial charge in [-0.15, -0.1) is 0 Å². The van der Waals surface area contributed by atoms with E-state index in [2.05, 4.69) is 0 Å². The molecule has 0 amide bonds. The van der Waals surface area contributed by atoms with Gasteiger partial charge in [-0.1, -0.05) is 0 Å². The zero-order valence-corrected chi connectivity index (χ0v) is 5.60. The Labute approximate surface area is 65.2 Å². The molecular weight excluding hydrogens is 176 g/mol. The monoisotopic (exact) mass is 182 g/mol. The molecule has 0 heterocycles. The number of hydrogen-bond donors (Lipinski definition) is 3. The molecule has 12 heavy (non-hydrogen) atoms. The van der Waals surface area contributed by atoms with Crippen LogP contribution < -0.4 is 0 Å². The van der Waals surface area contributed by atoms with Crippen LogP contribution in [0.1, 0.15) is 0 Å². The van der Waals surface area contributed by atoms with Crippen LogP contribution in [0.15, 0.2) is 0 Å². The van der Waals surface area contributed by atoms with Crippen LogP contribution in [-0.4, -0.2) is 43.7 Å². The molecule has 0 aromatic rings. The largest absolute Gasteiger partial charge is 0.376 e. The van der Waals surface area contributed by atoms with E-state index in [1.54, 1.807) is 0 Å². The molecular formula is C3H6N2O7. The van der Waals surface area contributed by atoms with Crippen molar-refractivity contribution in [2.75, 3.05) is 0 Å². The average Bonchev–Trinajstić information content (AvgIpc) is 2.00. The number of aliphatic hydroxyl groups is 3. The highest BCUT2D eigenvalue weighted by Gasteiger charge is 2.40. The van der Waals surface area contributed by atoms with Crippen LogP contribution in [-0.2, 0) is 0 Å². The third-order valence-electron chi connectivity index (χ3n) is 1.04. The van der Waals surface area contributed by atoms with Crippen molar-refractivity contribution in [3.8, 4) is 0 Å². The Morgan fingerprint density at radius 2 is 1.17 bits per heavy atom. The van der Waals surface area contributed by atoms with Crippen LogP contribution in [0.3, 0.4) is 0 Å². The molecule has 0 aliphatic carbocycles. The third kappa shape index (κ3) is 2.38. The Balaban J connectivity index is 4.28. The average molecular weight is 182 g/mol. The number of rotatable bonds is 4. The minimum Gasteiger partial charge on any atom is -0.376 e. The molecule has 2 atom stereocenters. The van der Waals surface area contributed by atoms with Gasteiger partial charge in [0.05, 0.1) is 9.85 Å². The Morgan fingerprint density at radius 3 is 1.33 bits per heavy atom. The normalized spacial score (nSPS) is 17.9. The maximum Gasteiger partial charge on any atom is 0.348 e. The molecule has 2 unspecified atom stereocenters. The summed E-state index contributed by atoms with van der Waals surface area (Å²) in [6, 6.07) is 0. The lowest BCUT2D eigenvalue weighted by molar-refractivity contribution is -0.632. The van der Waals surface area contributed by atoms with Crippen LogP contribution in [0.2, 0.25) is 0 Å². The predicted octanol–water partition coefficient (Wildman–Crippen LogP) is -2.46. The molecule has 0 saturated carbocycles. The van der Waals surface area contributed by atoms with Crippen molar-refractivity contribution < 1.29 is 25.2 Å². The number of nitro groups is 2. The van der Waals surface area contributed by atoms with Gasteiger partial charge in [0.1, 0.15) is 0 Å². The Hall–Kier alpha value is -1.32. The van der Waals surface area contributed by atoms with E-state index in [4.69, 9.17) is 15.3 Å². The smallest absolute Gasteiger partial charge is 0.348 e. The molecule has 0 aromatic heterocycles. The SMILES string of the molecule is O=[N+]([O-])C(O)C(O)C(O)[N+](=O)[O-]. The molecule has 0 bridgehead atoms. The summed E-state index contributed by atoms with van der Waals surface area (Å²) < 4.78 is 0. The van der Waals surface area contributed by atoms with Gasteiger partial charge >= 0.3 is 12.5 Å². The topological polar surface area (TPSA) is 147 Å². The van der Waals surface area contributed by atoms with E-state index in [-0.39, 0.29) is 0 Å². The Morgan fingerprint density at radius 1 is 0.917 bits per heavy atom. The van der Waals surface area contributed by atoms with Crippen molar-refractivity contribution in [3.63, 3.8) is 0 Å². The number of aliphatic hydroxyl groups excluding tert-OH is 3. The number of nitrogens with zero attached hydrogens (tertiary/aromatic N) is 2. The van der Waals surface area contributed by atoms with Crippen molar-refractivity contribution >= 4 is 0 Å². The van der Waals surface area contributed by atoms with Crippen LogP contribution in [0.5, 0.6) is 0 Å². The maximum atomic E-state index is 9.73. The lowest BCUT2D eigenvalue weighted by atomic mass is 10.3. The van der Waals surface area contributed by atoms with E-state index in [1.807, 2.05) is 0 Å². The van der Waals surface area contributed by atoms with Gasteiger partial charge < -0.3 is 15.3 Å². The molecule has 0 rings (SSSR count). The van der Waals surface area contributed by atoms with Crippen molar-refractivity contribution in [2.45, 2.75) is 18.6 Å². The van der Waals surface area contributed by atoms with E-state index in [9.17, 15) is 20.2 Å². The quantitative estimate of drug-likeness (QED) is 0.248. The highest BCUT2D eigenvalue weighted by Crippen LogP contribution is 2.00. The minimum absolute atomic E-state index is 1.35. The summed E-state index contributed by atoms with van der Waals surface area (Å²) in [6.07, 6.45) is -7.56. The third-order valence-corrected chi connectivity index (χ3v) is 1.04. The van der Waals surface area contributed by atoms with Gasteiger partial charge in [-0.25, -0.2) is 0 Å². The molecule has 3 N–H and O–H groups in total. The summed E-state index contributed by atoms with van der Waals surface area (Å²) in [5.41, 5.74) is 0.